The van der Waals surface area contributed by atoms with Crippen molar-refractivity contribution in [3.05, 3.63) is 45.4 Å². The second-order valence-electron chi connectivity index (χ2n) is 4.15. The Morgan fingerprint density at radius 2 is 2.33 bits per heavy atom. The van der Waals surface area contributed by atoms with Gasteiger partial charge in [-0.1, -0.05) is 30.7 Å². The van der Waals surface area contributed by atoms with Gasteiger partial charge in [0.2, 0.25) is 0 Å². The number of hydrogen-bond donors (Lipinski definition) is 2. The summed E-state index contributed by atoms with van der Waals surface area (Å²) < 4.78 is 0. The number of hydrogen-bond acceptors (Lipinski definition) is 4. The first kappa shape index (κ1) is 13.3. The van der Waals surface area contributed by atoms with Crippen LogP contribution in [0.3, 0.4) is 0 Å². The zero-order valence-electron chi connectivity index (χ0n) is 10.1. The van der Waals surface area contributed by atoms with Crippen molar-refractivity contribution in [1.82, 2.24) is 10.3 Å². The molecule has 0 saturated heterocycles. The molecule has 18 heavy (non-hydrogen) atoms. The molecule has 0 aliphatic heterocycles. The number of benzene rings is 1. The Kier molecular flexibility index (Phi) is 4.58. The van der Waals surface area contributed by atoms with Crippen molar-refractivity contribution in [3.63, 3.8) is 0 Å². The molecule has 0 aliphatic rings. The van der Waals surface area contributed by atoms with Gasteiger partial charge in [0.25, 0.3) is 0 Å². The van der Waals surface area contributed by atoms with Gasteiger partial charge in [0.05, 0.1) is 10.0 Å². The van der Waals surface area contributed by atoms with Crippen molar-refractivity contribution in [2.45, 2.75) is 19.4 Å². The third-order valence-corrected chi connectivity index (χ3v) is 4.02. The van der Waals surface area contributed by atoms with Crippen molar-refractivity contribution in [3.8, 4) is 5.75 Å². The molecule has 2 N–H and O–H groups in total. The molecule has 0 amide bonds. The largest absolute Gasteiger partial charge is 0.506 e. The predicted molar refractivity (Wildman–Crippen MR) is 75.4 cm³/mol. The smallest absolute Gasteiger partial charge is 0.138 e. The van der Waals surface area contributed by atoms with E-state index in [9.17, 15) is 5.11 Å². The highest BCUT2D eigenvalue weighted by Gasteiger charge is 2.09. The van der Waals surface area contributed by atoms with Crippen LogP contribution in [0.1, 0.15) is 23.4 Å². The van der Waals surface area contributed by atoms with Crippen LogP contribution >= 0.6 is 22.9 Å². The lowest BCUT2D eigenvalue weighted by atomic mass is 10.1. The van der Waals surface area contributed by atoms with Gasteiger partial charge in [-0.05, 0) is 6.07 Å². The summed E-state index contributed by atoms with van der Waals surface area (Å²) in [4.78, 5) is 4.28. The summed E-state index contributed by atoms with van der Waals surface area (Å²) in [6.07, 6.45) is 1.82. The van der Waals surface area contributed by atoms with E-state index in [-0.39, 0.29) is 5.75 Å². The molecule has 0 bridgehead atoms. The van der Waals surface area contributed by atoms with Gasteiger partial charge >= 0.3 is 0 Å². The molecule has 1 aromatic heterocycles. The van der Waals surface area contributed by atoms with E-state index in [1.807, 2.05) is 23.7 Å². The molecule has 2 aromatic rings. The molecule has 0 fully saturated rings. The van der Waals surface area contributed by atoms with Crippen LogP contribution in [-0.4, -0.2) is 16.6 Å². The van der Waals surface area contributed by atoms with Gasteiger partial charge in [-0.25, -0.2) is 4.98 Å². The minimum absolute atomic E-state index is 0.161. The summed E-state index contributed by atoms with van der Waals surface area (Å²) in [5.74, 6) is 0.528. The number of aromatic nitrogens is 1. The monoisotopic (exact) mass is 282 g/mol. The second kappa shape index (κ2) is 6.18. The highest BCUT2D eigenvalue weighted by Crippen LogP contribution is 2.26. The van der Waals surface area contributed by atoms with Crippen LogP contribution in [0.4, 0.5) is 0 Å². The number of phenols is 1. The summed E-state index contributed by atoms with van der Waals surface area (Å²) in [5, 5.41) is 16.6. The first-order valence-corrected chi connectivity index (χ1v) is 7.00. The summed E-state index contributed by atoms with van der Waals surface area (Å²) in [5.41, 5.74) is 0.814. The van der Waals surface area contributed by atoms with Gasteiger partial charge in [0.1, 0.15) is 5.75 Å². The Bertz CT molecular complexity index is 502. The summed E-state index contributed by atoms with van der Waals surface area (Å²) in [7, 11) is 0. The maximum atomic E-state index is 9.76. The molecular formula is C13H15ClN2OS. The van der Waals surface area contributed by atoms with E-state index in [0.29, 0.717) is 17.5 Å². The number of rotatable bonds is 5. The molecule has 1 aromatic carbocycles. The van der Waals surface area contributed by atoms with Crippen LogP contribution in [0.5, 0.6) is 5.75 Å². The van der Waals surface area contributed by atoms with E-state index in [2.05, 4.69) is 17.2 Å². The molecule has 5 heteroatoms. The number of thiazole rings is 1. The predicted octanol–water partition coefficient (Wildman–Crippen LogP) is 3.40. The van der Waals surface area contributed by atoms with Crippen molar-refractivity contribution in [1.29, 1.82) is 0 Å². The van der Waals surface area contributed by atoms with Crippen LogP contribution in [0.2, 0.25) is 5.02 Å². The minimum atomic E-state index is 0.161. The lowest BCUT2D eigenvalue weighted by Gasteiger charge is -2.11. The number of halogens is 1. The molecule has 1 unspecified atom stereocenters. The molecule has 0 spiro atoms. The molecule has 0 radical (unpaired) electrons. The maximum Gasteiger partial charge on any atom is 0.138 e. The zero-order valence-corrected chi connectivity index (χ0v) is 11.6. The van der Waals surface area contributed by atoms with Crippen LogP contribution in [0.15, 0.2) is 29.8 Å². The highest BCUT2D eigenvalue weighted by atomic mass is 35.5. The van der Waals surface area contributed by atoms with E-state index >= 15 is 0 Å². The zero-order chi connectivity index (χ0) is 13.0. The van der Waals surface area contributed by atoms with Gasteiger partial charge in [-0.3, -0.25) is 0 Å². The molecule has 0 aliphatic carbocycles. The first-order valence-electron chi connectivity index (χ1n) is 5.75. The molecule has 3 nitrogen and oxygen atoms in total. The fourth-order valence-electron chi connectivity index (χ4n) is 1.69. The van der Waals surface area contributed by atoms with E-state index < -0.39 is 0 Å². The third kappa shape index (κ3) is 3.22. The SMILES string of the molecule is CC(CNCc1cccc(Cl)c1O)c1nccs1. The molecule has 1 heterocycles. The fraction of sp³-hybridized carbons (Fsp3) is 0.308. The van der Waals surface area contributed by atoms with Gasteiger partial charge in [-0.15, -0.1) is 11.3 Å². The molecule has 96 valence electrons. The Morgan fingerprint density at radius 1 is 1.50 bits per heavy atom. The highest BCUT2D eigenvalue weighted by molar-refractivity contribution is 7.09. The van der Waals surface area contributed by atoms with E-state index in [1.54, 1.807) is 17.4 Å². The average molecular weight is 283 g/mol. The summed E-state index contributed by atoms with van der Waals surface area (Å²) >= 11 is 7.51. The number of nitrogens with one attached hydrogen (secondary N) is 1. The number of nitrogens with zero attached hydrogens (tertiary/aromatic N) is 1. The van der Waals surface area contributed by atoms with Gasteiger partial charge in [0, 0.05) is 36.1 Å². The Labute approximate surface area is 115 Å². The van der Waals surface area contributed by atoms with Gasteiger partial charge < -0.3 is 10.4 Å². The Morgan fingerprint density at radius 3 is 3.06 bits per heavy atom. The van der Waals surface area contributed by atoms with Crippen molar-refractivity contribution >= 4 is 22.9 Å². The van der Waals surface area contributed by atoms with E-state index in [4.69, 9.17) is 11.6 Å². The van der Waals surface area contributed by atoms with Crippen molar-refractivity contribution in [2.75, 3.05) is 6.54 Å². The summed E-state index contributed by atoms with van der Waals surface area (Å²) in [6.45, 7) is 3.55. The van der Waals surface area contributed by atoms with E-state index in [1.165, 1.54) is 0 Å². The number of aromatic hydroxyl groups is 1. The molecule has 0 saturated carbocycles. The summed E-state index contributed by atoms with van der Waals surface area (Å²) in [6, 6.07) is 5.38. The minimum Gasteiger partial charge on any atom is -0.506 e. The number of phenolic OH excluding ortho intramolecular Hbond substituents is 1. The standard InChI is InChI=1S/C13H15ClN2OS/c1-9(13-16-5-6-18-13)7-15-8-10-3-2-4-11(14)12(10)17/h2-6,9,15,17H,7-8H2,1H3. The molecule has 1 atom stereocenters. The fourth-order valence-corrected chi connectivity index (χ4v) is 2.58. The van der Waals surface area contributed by atoms with E-state index in [0.717, 1.165) is 17.1 Å². The van der Waals surface area contributed by atoms with Crippen LogP contribution in [-0.2, 0) is 6.54 Å². The van der Waals surface area contributed by atoms with Crippen LogP contribution in [0, 0.1) is 0 Å². The van der Waals surface area contributed by atoms with Crippen molar-refractivity contribution < 1.29 is 5.11 Å². The first-order chi connectivity index (χ1) is 8.68. The third-order valence-electron chi connectivity index (χ3n) is 2.71. The lowest BCUT2D eigenvalue weighted by molar-refractivity contribution is 0.463. The van der Waals surface area contributed by atoms with Gasteiger partial charge in [-0.2, -0.15) is 0 Å². The quantitative estimate of drug-likeness (QED) is 0.883. The second-order valence-corrected chi connectivity index (χ2v) is 5.48. The lowest BCUT2D eigenvalue weighted by Crippen LogP contribution is -2.19. The molecular weight excluding hydrogens is 268 g/mol. The van der Waals surface area contributed by atoms with Crippen LogP contribution < -0.4 is 5.32 Å². The normalized spacial score (nSPS) is 12.6. The molecule has 2 rings (SSSR count). The average Bonchev–Trinajstić information content (AvgIpc) is 2.88. The number of para-hydroxylation sites is 1. The van der Waals surface area contributed by atoms with Crippen molar-refractivity contribution in [2.24, 2.45) is 0 Å². The Hall–Kier alpha value is -1.10. The van der Waals surface area contributed by atoms with Crippen LogP contribution in [0.25, 0.3) is 0 Å². The Balaban J connectivity index is 1.87. The maximum absolute atomic E-state index is 9.76. The topological polar surface area (TPSA) is 45.1 Å². The van der Waals surface area contributed by atoms with Gasteiger partial charge in [0.15, 0.2) is 0 Å².